The lowest BCUT2D eigenvalue weighted by atomic mass is 9.90. The van der Waals surface area contributed by atoms with Crippen LogP contribution in [-0.2, 0) is 0 Å². The minimum atomic E-state index is 0.300. The van der Waals surface area contributed by atoms with Gasteiger partial charge in [0.25, 0.3) is 0 Å². The van der Waals surface area contributed by atoms with Crippen LogP contribution in [0.4, 0.5) is 0 Å². The van der Waals surface area contributed by atoms with Crippen LogP contribution in [0.2, 0.25) is 0 Å². The van der Waals surface area contributed by atoms with E-state index in [1.54, 1.807) is 0 Å². The highest BCUT2D eigenvalue weighted by molar-refractivity contribution is 4.91. The minimum Gasteiger partial charge on any atom is -0.395 e. The average Bonchev–Trinajstić information content (AvgIpc) is 2.39. The van der Waals surface area contributed by atoms with E-state index in [1.165, 1.54) is 32.1 Å². The van der Waals surface area contributed by atoms with E-state index in [0.29, 0.717) is 24.6 Å². The van der Waals surface area contributed by atoms with Gasteiger partial charge in [0.2, 0.25) is 0 Å². The smallest absolute Gasteiger partial charge is 0.0599 e. The van der Waals surface area contributed by atoms with Gasteiger partial charge in [-0.3, -0.25) is 4.90 Å². The Morgan fingerprint density at radius 3 is 2.53 bits per heavy atom. The van der Waals surface area contributed by atoms with Crippen molar-refractivity contribution >= 4 is 0 Å². The van der Waals surface area contributed by atoms with Crippen LogP contribution in [-0.4, -0.2) is 47.8 Å². The third-order valence-corrected chi connectivity index (χ3v) is 4.55. The van der Waals surface area contributed by atoms with Crippen molar-refractivity contribution in [1.82, 2.24) is 10.2 Å². The molecule has 0 bridgehead atoms. The third-order valence-electron chi connectivity index (χ3n) is 4.55. The van der Waals surface area contributed by atoms with Crippen molar-refractivity contribution in [3.05, 3.63) is 0 Å². The first-order chi connectivity index (χ1) is 8.22. The summed E-state index contributed by atoms with van der Waals surface area (Å²) < 4.78 is 0. The maximum absolute atomic E-state index is 9.54. The Balaban J connectivity index is 1.98. The van der Waals surface area contributed by atoms with Crippen LogP contribution in [0.3, 0.4) is 0 Å². The summed E-state index contributed by atoms with van der Waals surface area (Å²) in [7, 11) is 0. The van der Waals surface area contributed by atoms with Crippen molar-refractivity contribution in [2.75, 3.05) is 19.7 Å². The first-order valence-corrected chi connectivity index (χ1v) is 7.32. The Morgan fingerprint density at radius 1 is 1.24 bits per heavy atom. The summed E-state index contributed by atoms with van der Waals surface area (Å²) in [6, 6.07) is 1.66. The summed E-state index contributed by atoms with van der Waals surface area (Å²) in [6.07, 6.45) is 6.82. The van der Waals surface area contributed by atoms with E-state index in [0.717, 1.165) is 19.1 Å². The second-order valence-electron chi connectivity index (χ2n) is 6.08. The van der Waals surface area contributed by atoms with E-state index in [4.69, 9.17) is 0 Å². The van der Waals surface area contributed by atoms with Crippen LogP contribution in [0.1, 0.15) is 46.0 Å². The molecule has 3 nitrogen and oxygen atoms in total. The van der Waals surface area contributed by atoms with Crippen LogP contribution in [0.15, 0.2) is 0 Å². The van der Waals surface area contributed by atoms with Gasteiger partial charge in [-0.1, -0.05) is 33.1 Å². The second-order valence-corrected chi connectivity index (χ2v) is 6.08. The lowest BCUT2D eigenvalue weighted by molar-refractivity contribution is 0.0233. The summed E-state index contributed by atoms with van der Waals surface area (Å²) in [4.78, 5) is 2.60. The number of nitrogens with zero attached hydrogens (tertiary/aromatic N) is 1. The molecule has 0 amide bonds. The van der Waals surface area contributed by atoms with E-state index >= 15 is 0 Å². The fourth-order valence-electron chi connectivity index (χ4n) is 3.32. The van der Waals surface area contributed by atoms with E-state index in [1.807, 2.05) is 0 Å². The number of rotatable bonds is 3. The van der Waals surface area contributed by atoms with Gasteiger partial charge < -0.3 is 10.4 Å². The zero-order valence-corrected chi connectivity index (χ0v) is 11.4. The molecule has 100 valence electrons. The highest BCUT2D eigenvalue weighted by atomic mass is 16.3. The summed E-state index contributed by atoms with van der Waals surface area (Å²) in [5.74, 6) is 0.681. The first kappa shape index (κ1) is 13.3. The first-order valence-electron chi connectivity index (χ1n) is 7.32. The lowest BCUT2D eigenvalue weighted by Crippen LogP contribution is -2.62. The molecule has 1 saturated carbocycles. The van der Waals surface area contributed by atoms with Crippen LogP contribution in [0, 0.1) is 5.92 Å². The quantitative estimate of drug-likeness (QED) is 0.787. The van der Waals surface area contributed by atoms with Crippen LogP contribution < -0.4 is 5.32 Å². The molecule has 0 aromatic heterocycles. The molecule has 1 aliphatic carbocycles. The summed E-state index contributed by atoms with van der Waals surface area (Å²) >= 11 is 0. The summed E-state index contributed by atoms with van der Waals surface area (Å²) in [5.41, 5.74) is 0. The molecule has 1 heterocycles. The molecule has 1 saturated heterocycles. The number of hydrogen-bond acceptors (Lipinski definition) is 3. The summed E-state index contributed by atoms with van der Waals surface area (Å²) in [6.45, 7) is 6.95. The Labute approximate surface area is 106 Å². The molecule has 0 aromatic carbocycles. The van der Waals surface area contributed by atoms with E-state index < -0.39 is 0 Å². The predicted molar refractivity (Wildman–Crippen MR) is 71.1 cm³/mol. The fraction of sp³-hybridized carbons (Fsp3) is 1.00. The number of hydrogen-bond donors (Lipinski definition) is 2. The zero-order chi connectivity index (χ0) is 12.3. The maximum Gasteiger partial charge on any atom is 0.0599 e. The van der Waals surface area contributed by atoms with E-state index in [9.17, 15) is 5.11 Å². The van der Waals surface area contributed by atoms with Gasteiger partial charge in [-0.05, 0) is 18.8 Å². The molecule has 2 aliphatic rings. The van der Waals surface area contributed by atoms with E-state index in [2.05, 4.69) is 24.1 Å². The molecule has 0 radical (unpaired) electrons. The Bertz CT molecular complexity index is 226. The Kier molecular flexibility index (Phi) is 4.83. The third kappa shape index (κ3) is 3.21. The van der Waals surface area contributed by atoms with Gasteiger partial charge >= 0.3 is 0 Å². The molecular weight excluding hydrogens is 212 g/mol. The van der Waals surface area contributed by atoms with Gasteiger partial charge in [-0.2, -0.15) is 0 Å². The van der Waals surface area contributed by atoms with Crippen molar-refractivity contribution < 1.29 is 5.11 Å². The summed E-state index contributed by atoms with van der Waals surface area (Å²) in [5, 5.41) is 13.1. The zero-order valence-electron chi connectivity index (χ0n) is 11.4. The maximum atomic E-state index is 9.54. The predicted octanol–water partition coefficient (Wildman–Crippen LogP) is 1.61. The Hall–Kier alpha value is -0.120. The molecule has 0 spiro atoms. The minimum absolute atomic E-state index is 0.300. The molecule has 2 atom stereocenters. The highest BCUT2D eigenvalue weighted by Gasteiger charge is 2.33. The molecule has 2 N–H and O–H groups in total. The van der Waals surface area contributed by atoms with Gasteiger partial charge in [-0.25, -0.2) is 0 Å². The molecule has 2 rings (SSSR count). The average molecular weight is 240 g/mol. The van der Waals surface area contributed by atoms with Crippen molar-refractivity contribution in [2.45, 2.75) is 64.1 Å². The van der Waals surface area contributed by atoms with Gasteiger partial charge in [-0.15, -0.1) is 0 Å². The SMILES string of the molecule is CC(C)C1CN(C2CCCCC2)C(CO)CN1. The van der Waals surface area contributed by atoms with Gasteiger partial charge in [0.1, 0.15) is 0 Å². The van der Waals surface area contributed by atoms with Gasteiger partial charge in [0.15, 0.2) is 0 Å². The van der Waals surface area contributed by atoms with Crippen molar-refractivity contribution in [2.24, 2.45) is 5.92 Å². The van der Waals surface area contributed by atoms with Gasteiger partial charge in [0, 0.05) is 31.2 Å². The van der Waals surface area contributed by atoms with Gasteiger partial charge in [0.05, 0.1) is 6.61 Å². The number of aliphatic hydroxyl groups excluding tert-OH is 1. The molecule has 17 heavy (non-hydrogen) atoms. The molecule has 1 aliphatic heterocycles. The second kappa shape index (κ2) is 6.17. The standard InChI is InChI=1S/C14H28N2O/c1-11(2)14-9-16(13(10-17)8-15-14)12-6-4-3-5-7-12/h11-15,17H,3-10H2,1-2H3. The molecule has 2 fully saturated rings. The number of piperazine rings is 1. The number of nitrogens with one attached hydrogen (secondary N) is 1. The number of aliphatic hydroxyl groups is 1. The monoisotopic (exact) mass is 240 g/mol. The largest absolute Gasteiger partial charge is 0.395 e. The lowest BCUT2D eigenvalue weighted by Gasteiger charge is -2.46. The molecular formula is C14H28N2O. The van der Waals surface area contributed by atoms with Crippen molar-refractivity contribution in [3.8, 4) is 0 Å². The molecule has 0 aromatic rings. The van der Waals surface area contributed by atoms with Crippen molar-refractivity contribution in [3.63, 3.8) is 0 Å². The topological polar surface area (TPSA) is 35.5 Å². The van der Waals surface area contributed by atoms with E-state index in [-0.39, 0.29) is 0 Å². The normalized spacial score (nSPS) is 33.2. The molecule has 3 heteroatoms. The van der Waals surface area contributed by atoms with Crippen LogP contribution in [0.25, 0.3) is 0 Å². The van der Waals surface area contributed by atoms with Crippen LogP contribution in [0.5, 0.6) is 0 Å². The van der Waals surface area contributed by atoms with Crippen molar-refractivity contribution in [1.29, 1.82) is 0 Å². The van der Waals surface area contributed by atoms with Crippen LogP contribution >= 0.6 is 0 Å². The fourth-order valence-corrected chi connectivity index (χ4v) is 3.32. The highest BCUT2D eigenvalue weighted by Crippen LogP contribution is 2.26. The molecule has 2 unspecified atom stereocenters. The Morgan fingerprint density at radius 2 is 1.94 bits per heavy atom.